The van der Waals surface area contributed by atoms with Crippen LogP contribution in [0.4, 0.5) is 5.69 Å². The summed E-state index contributed by atoms with van der Waals surface area (Å²) >= 11 is 0. The number of nitrogens with one attached hydrogen (secondary N) is 2. The minimum Gasteiger partial charge on any atom is -0.341 e. The molecular weight excluding hydrogens is 304 g/mol. The Kier molecular flexibility index (Phi) is 3.80. The fourth-order valence-corrected chi connectivity index (χ4v) is 3.78. The number of benzene rings is 1. The molecule has 0 bridgehead atoms. The molecule has 0 saturated carbocycles. The molecule has 6 nitrogen and oxygen atoms in total. The zero-order valence-electron chi connectivity index (χ0n) is 13.4. The number of piperidine rings is 1. The van der Waals surface area contributed by atoms with E-state index in [0.29, 0.717) is 6.54 Å². The van der Waals surface area contributed by atoms with Crippen LogP contribution >= 0.6 is 0 Å². The third kappa shape index (κ3) is 2.68. The Morgan fingerprint density at radius 3 is 2.96 bits per heavy atom. The average Bonchev–Trinajstić information content (AvgIpc) is 3.15. The molecule has 1 fully saturated rings. The van der Waals surface area contributed by atoms with Crippen molar-refractivity contribution in [2.24, 2.45) is 0 Å². The predicted molar refractivity (Wildman–Crippen MR) is 89.6 cm³/mol. The Bertz CT molecular complexity index is 756. The molecule has 0 unspecified atom stereocenters. The standard InChI is InChI=1S/C18H20N4O2/c23-17-10-14(13-5-1-2-6-16(13)20-17)18(24)22-9-3-4-12(11-22)15-7-8-19-21-15/h1-2,5-8,12,14H,3-4,9-11H2,(H,19,21)(H,20,23)/t12-,14-/m0/s1. The molecule has 1 aromatic carbocycles. The van der Waals surface area contributed by atoms with Gasteiger partial charge in [-0.25, -0.2) is 0 Å². The second kappa shape index (κ2) is 6.11. The number of nitrogens with zero attached hydrogens (tertiary/aromatic N) is 2. The Balaban J connectivity index is 1.56. The number of amides is 2. The van der Waals surface area contributed by atoms with Crippen LogP contribution < -0.4 is 5.32 Å². The zero-order chi connectivity index (χ0) is 16.5. The largest absolute Gasteiger partial charge is 0.341 e. The monoisotopic (exact) mass is 324 g/mol. The maximum absolute atomic E-state index is 13.1. The molecule has 0 spiro atoms. The van der Waals surface area contributed by atoms with Gasteiger partial charge in [-0.05, 0) is 30.5 Å². The molecular formula is C18H20N4O2. The third-order valence-electron chi connectivity index (χ3n) is 4.99. The lowest BCUT2D eigenvalue weighted by Gasteiger charge is -2.36. The van der Waals surface area contributed by atoms with Gasteiger partial charge in [-0.15, -0.1) is 0 Å². The number of carbonyl (C=O) groups is 2. The number of aromatic nitrogens is 2. The Morgan fingerprint density at radius 1 is 1.25 bits per heavy atom. The van der Waals surface area contributed by atoms with Gasteiger partial charge in [-0.3, -0.25) is 14.7 Å². The number of para-hydroxylation sites is 1. The summed E-state index contributed by atoms with van der Waals surface area (Å²) in [5.74, 6) is -0.121. The van der Waals surface area contributed by atoms with Crippen molar-refractivity contribution in [3.63, 3.8) is 0 Å². The van der Waals surface area contributed by atoms with E-state index in [1.165, 1.54) is 0 Å². The summed E-state index contributed by atoms with van der Waals surface area (Å²) in [6, 6.07) is 9.56. The topological polar surface area (TPSA) is 78.1 Å². The van der Waals surface area contributed by atoms with Crippen molar-refractivity contribution in [1.29, 1.82) is 0 Å². The smallest absolute Gasteiger partial charge is 0.230 e. The molecule has 4 rings (SSSR count). The maximum atomic E-state index is 13.1. The van der Waals surface area contributed by atoms with E-state index in [9.17, 15) is 9.59 Å². The second-order valence-corrected chi connectivity index (χ2v) is 6.53. The summed E-state index contributed by atoms with van der Waals surface area (Å²) in [7, 11) is 0. The molecule has 2 aliphatic rings. The van der Waals surface area contributed by atoms with Gasteiger partial charge in [0, 0.05) is 43.0 Å². The normalized spacial score (nSPS) is 23.5. The number of carbonyl (C=O) groups excluding carboxylic acids is 2. The molecule has 24 heavy (non-hydrogen) atoms. The lowest BCUT2D eigenvalue weighted by Crippen LogP contribution is -2.43. The van der Waals surface area contributed by atoms with E-state index in [1.807, 2.05) is 35.2 Å². The number of likely N-dealkylation sites (tertiary alicyclic amines) is 1. The van der Waals surface area contributed by atoms with Gasteiger partial charge >= 0.3 is 0 Å². The average molecular weight is 324 g/mol. The summed E-state index contributed by atoms with van der Waals surface area (Å²) in [6.07, 6.45) is 3.99. The van der Waals surface area contributed by atoms with Gasteiger partial charge in [0.15, 0.2) is 0 Å². The van der Waals surface area contributed by atoms with E-state index < -0.39 is 0 Å². The summed E-state index contributed by atoms with van der Waals surface area (Å²) in [4.78, 5) is 27.0. The fraction of sp³-hybridized carbons (Fsp3) is 0.389. The van der Waals surface area contributed by atoms with Crippen molar-refractivity contribution in [2.75, 3.05) is 18.4 Å². The van der Waals surface area contributed by atoms with E-state index in [4.69, 9.17) is 0 Å². The van der Waals surface area contributed by atoms with Crippen LogP contribution in [0.25, 0.3) is 0 Å². The van der Waals surface area contributed by atoms with E-state index in [-0.39, 0.29) is 30.1 Å². The Hall–Kier alpha value is -2.63. The van der Waals surface area contributed by atoms with Crippen LogP contribution in [0.3, 0.4) is 0 Å². The van der Waals surface area contributed by atoms with Crippen molar-refractivity contribution in [3.05, 3.63) is 47.8 Å². The van der Waals surface area contributed by atoms with Crippen LogP contribution in [0.5, 0.6) is 0 Å². The first kappa shape index (κ1) is 14.9. The number of rotatable bonds is 2. The molecule has 0 aliphatic carbocycles. The molecule has 2 aliphatic heterocycles. The first-order valence-electron chi connectivity index (χ1n) is 8.39. The Labute approximate surface area is 140 Å². The predicted octanol–water partition coefficient (Wildman–Crippen LogP) is 2.24. The van der Waals surface area contributed by atoms with Crippen molar-refractivity contribution >= 4 is 17.5 Å². The van der Waals surface area contributed by atoms with E-state index in [2.05, 4.69) is 15.5 Å². The Morgan fingerprint density at radius 2 is 2.12 bits per heavy atom. The van der Waals surface area contributed by atoms with Crippen LogP contribution in [0.15, 0.2) is 36.5 Å². The molecule has 2 N–H and O–H groups in total. The number of aromatic amines is 1. The molecule has 2 aromatic rings. The molecule has 1 saturated heterocycles. The molecule has 6 heteroatoms. The summed E-state index contributed by atoms with van der Waals surface area (Å²) in [6.45, 7) is 1.44. The molecule has 3 heterocycles. The fourth-order valence-electron chi connectivity index (χ4n) is 3.78. The van der Waals surface area contributed by atoms with E-state index in [0.717, 1.165) is 36.3 Å². The molecule has 124 valence electrons. The highest BCUT2D eigenvalue weighted by atomic mass is 16.2. The SMILES string of the molecule is O=C1C[C@H](C(=O)N2CCC[C@H](c3ccn[nH]3)C2)c2ccccc2N1. The van der Waals surface area contributed by atoms with Crippen molar-refractivity contribution in [2.45, 2.75) is 31.1 Å². The third-order valence-corrected chi connectivity index (χ3v) is 4.99. The van der Waals surface area contributed by atoms with Crippen LogP contribution in [-0.2, 0) is 9.59 Å². The highest BCUT2D eigenvalue weighted by molar-refractivity contribution is 6.01. The summed E-state index contributed by atoms with van der Waals surface area (Å²) in [5, 5.41) is 9.89. The van der Waals surface area contributed by atoms with Crippen LogP contribution in [-0.4, -0.2) is 40.0 Å². The van der Waals surface area contributed by atoms with Crippen molar-refractivity contribution in [3.8, 4) is 0 Å². The van der Waals surface area contributed by atoms with Crippen molar-refractivity contribution < 1.29 is 9.59 Å². The van der Waals surface area contributed by atoms with Gasteiger partial charge in [0.2, 0.25) is 11.8 Å². The second-order valence-electron chi connectivity index (χ2n) is 6.53. The number of hydrogen-bond donors (Lipinski definition) is 2. The summed E-state index contributed by atoms with van der Waals surface area (Å²) < 4.78 is 0. The highest BCUT2D eigenvalue weighted by Crippen LogP contribution is 2.35. The molecule has 2 amide bonds. The molecule has 1 aromatic heterocycles. The van der Waals surface area contributed by atoms with Crippen LogP contribution in [0.2, 0.25) is 0 Å². The number of fused-ring (bicyclic) bond motifs is 1. The lowest BCUT2D eigenvalue weighted by atomic mass is 9.87. The van der Waals surface area contributed by atoms with Gasteiger partial charge in [0.05, 0.1) is 5.92 Å². The summed E-state index contributed by atoms with van der Waals surface area (Å²) in [5.41, 5.74) is 2.76. The number of H-pyrrole nitrogens is 1. The minimum atomic E-state index is -0.379. The first-order chi connectivity index (χ1) is 11.7. The number of hydrogen-bond acceptors (Lipinski definition) is 3. The van der Waals surface area contributed by atoms with E-state index >= 15 is 0 Å². The highest BCUT2D eigenvalue weighted by Gasteiger charge is 2.35. The van der Waals surface area contributed by atoms with Gasteiger partial charge < -0.3 is 10.2 Å². The lowest BCUT2D eigenvalue weighted by molar-refractivity contribution is -0.136. The quantitative estimate of drug-likeness (QED) is 0.889. The van der Waals surface area contributed by atoms with Gasteiger partial charge in [-0.2, -0.15) is 5.10 Å². The van der Waals surface area contributed by atoms with E-state index in [1.54, 1.807) is 6.20 Å². The van der Waals surface area contributed by atoms with Crippen LogP contribution in [0, 0.1) is 0 Å². The zero-order valence-corrected chi connectivity index (χ0v) is 13.4. The number of anilines is 1. The van der Waals surface area contributed by atoms with Gasteiger partial charge in [0.1, 0.15) is 0 Å². The van der Waals surface area contributed by atoms with Crippen molar-refractivity contribution in [1.82, 2.24) is 15.1 Å². The van der Waals surface area contributed by atoms with Gasteiger partial charge in [0.25, 0.3) is 0 Å². The van der Waals surface area contributed by atoms with Crippen LogP contribution in [0.1, 0.15) is 42.4 Å². The maximum Gasteiger partial charge on any atom is 0.230 e. The molecule has 2 atom stereocenters. The van der Waals surface area contributed by atoms with Gasteiger partial charge in [-0.1, -0.05) is 18.2 Å². The first-order valence-corrected chi connectivity index (χ1v) is 8.39. The minimum absolute atomic E-state index is 0.0570. The molecule has 0 radical (unpaired) electrons.